The van der Waals surface area contributed by atoms with Crippen LogP contribution >= 0.6 is 0 Å². The van der Waals surface area contributed by atoms with Crippen molar-refractivity contribution in [2.75, 3.05) is 18.5 Å². The maximum Gasteiger partial charge on any atom is 0.422 e. The molecule has 0 spiro atoms. The molecule has 0 aromatic carbocycles. The molecule has 29 heavy (non-hydrogen) atoms. The fourth-order valence-electron chi connectivity index (χ4n) is 2.49. The van der Waals surface area contributed by atoms with Gasteiger partial charge in [-0.25, -0.2) is 4.98 Å². The molecule has 0 bridgehead atoms. The molecule has 1 aliphatic heterocycles. The van der Waals surface area contributed by atoms with E-state index < -0.39 is 18.3 Å². The van der Waals surface area contributed by atoms with Gasteiger partial charge in [0.2, 0.25) is 5.91 Å². The van der Waals surface area contributed by atoms with E-state index in [0.29, 0.717) is 5.56 Å². The van der Waals surface area contributed by atoms with Crippen LogP contribution in [0.15, 0.2) is 41.9 Å². The Morgan fingerprint density at radius 3 is 2.62 bits per heavy atom. The molecule has 1 aliphatic rings. The standard InChI is InChI=1S/C19H23F3N4O3/c1-4-15(27)25-14-9-12(7-8-23-14)17(28)24-10-13-5-6-16(26-18(13,2)3)29-11-19(20,21)22/h5-9,26H,4,10-11H2,1-3H3,(H,24,28)(H,23,25,27). The molecule has 0 saturated heterocycles. The van der Waals surface area contributed by atoms with Crippen molar-refractivity contribution in [2.45, 2.75) is 38.9 Å². The average Bonchev–Trinajstić information content (AvgIpc) is 2.64. The Morgan fingerprint density at radius 1 is 1.28 bits per heavy atom. The van der Waals surface area contributed by atoms with Crippen LogP contribution in [0.4, 0.5) is 19.0 Å². The van der Waals surface area contributed by atoms with Gasteiger partial charge in [0.05, 0.1) is 5.54 Å². The van der Waals surface area contributed by atoms with Crippen molar-refractivity contribution in [1.82, 2.24) is 15.6 Å². The number of carbonyl (C=O) groups is 2. The zero-order valence-corrected chi connectivity index (χ0v) is 16.3. The summed E-state index contributed by atoms with van der Waals surface area (Å²) in [7, 11) is 0. The number of allylic oxidation sites excluding steroid dienone is 2. The first-order chi connectivity index (χ1) is 13.5. The molecule has 2 rings (SSSR count). The van der Waals surface area contributed by atoms with Gasteiger partial charge in [-0.3, -0.25) is 9.59 Å². The van der Waals surface area contributed by atoms with Gasteiger partial charge in [-0.2, -0.15) is 13.2 Å². The molecule has 0 unspecified atom stereocenters. The zero-order chi connectivity index (χ0) is 21.7. The number of nitrogens with zero attached hydrogens (tertiary/aromatic N) is 1. The van der Waals surface area contributed by atoms with Gasteiger partial charge in [-0.15, -0.1) is 0 Å². The minimum Gasteiger partial charge on any atom is -0.470 e. The van der Waals surface area contributed by atoms with E-state index in [-0.39, 0.29) is 36.5 Å². The summed E-state index contributed by atoms with van der Waals surface area (Å²) in [5.41, 5.74) is 0.346. The second-order valence-electron chi connectivity index (χ2n) is 6.89. The number of hydrogen-bond acceptors (Lipinski definition) is 5. The van der Waals surface area contributed by atoms with Crippen molar-refractivity contribution in [3.63, 3.8) is 0 Å². The first-order valence-electron chi connectivity index (χ1n) is 8.93. The molecule has 158 valence electrons. The molecule has 1 aromatic heterocycles. The van der Waals surface area contributed by atoms with Gasteiger partial charge >= 0.3 is 6.18 Å². The van der Waals surface area contributed by atoms with E-state index >= 15 is 0 Å². The first-order valence-corrected chi connectivity index (χ1v) is 8.93. The van der Waals surface area contributed by atoms with Gasteiger partial charge in [0.15, 0.2) is 12.5 Å². The molecule has 0 radical (unpaired) electrons. The average molecular weight is 412 g/mol. The lowest BCUT2D eigenvalue weighted by atomic mass is 9.91. The molecule has 10 heteroatoms. The Balaban J connectivity index is 2.00. The number of alkyl halides is 3. The molecular formula is C19H23F3N4O3. The van der Waals surface area contributed by atoms with E-state index in [0.717, 1.165) is 5.57 Å². The Morgan fingerprint density at radius 2 is 2.00 bits per heavy atom. The van der Waals surface area contributed by atoms with Crippen LogP contribution in [0.25, 0.3) is 0 Å². The van der Waals surface area contributed by atoms with Crippen molar-refractivity contribution in [3.05, 3.63) is 47.5 Å². The number of nitrogens with one attached hydrogen (secondary N) is 3. The molecule has 1 aromatic rings. The van der Waals surface area contributed by atoms with Crippen LogP contribution in [0.2, 0.25) is 0 Å². The number of amides is 2. The molecule has 0 saturated carbocycles. The van der Waals surface area contributed by atoms with Crippen LogP contribution in [0, 0.1) is 0 Å². The first kappa shape index (κ1) is 22.3. The normalized spacial score (nSPS) is 15.5. The second-order valence-corrected chi connectivity index (χ2v) is 6.89. The highest BCUT2D eigenvalue weighted by Gasteiger charge is 2.32. The van der Waals surface area contributed by atoms with Crippen molar-refractivity contribution in [3.8, 4) is 0 Å². The minimum atomic E-state index is -4.43. The second kappa shape index (κ2) is 8.97. The molecular weight excluding hydrogens is 389 g/mol. The van der Waals surface area contributed by atoms with Gasteiger partial charge in [0, 0.05) is 24.7 Å². The number of carbonyl (C=O) groups excluding carboxylic acids is 2. The summed E-state index contributed by atoms with van der Waals surface area (Å²) >= 11 is 0. The zero-order valence-electron chi connectivity index (χ0n) is 16.3. The lowest BCUT2D eigenvalue weighted by Gasteiger charge is -2.34. The van der Waals surface area contributed by atoms with Crippen molar-refractivity contribution < 1.29 is 27.5 Å². The number of aromatic nitrogens is 1. The lowest BCUT2D eigenvalue weighted by Crippen LogP contribution is -2.46. The van der Waals surface area contributed by atoms with Crippen LogP contribution < -0.4 is 16.0 Å². The number of halogens is 3. The van der Waals surface area contributed by atoms with Gasteiger partial charge in [-0.05, 0) is 37.6 Å². The molecule has 7 nitrogen and oxygen atoms in total. The summed E-state index contributed by atoms with van der Waals surface area (Å²) < 4.78 is 41.6. The quantitative estimate of drug-likeness (QED) is 0.641. The Labute approximate surface area is 166 Å². The highest BCUT2D eigenvalue weighted by atomic mass is 19.4. The number of ether oxygens (including phenoxy) is 1. The fraction of sp³-hybridized carbons (Fsp3) is 0.421. The van der Waals surface area contributed by atoms with Gasteiger partial charge < -0.3 is 20.7 Å². The molecule has 3 N–H and O–H groups in total. The summed E-state index contributed by atoms with van der Waals surface area (Å²) in [6.45, 7) is 4.01. The SMILES string of the molecule is CCC(=O)Nc1cc(C(=O)NCC2=CC=C(OCC(F)(F)F)NC2(C)C)ccn1. The van der Waals surface area contributed by atoms with Crippen LogP contribution in [-0.4, -0.2) is 41.7 Å². The van der Waals surface area contributed by atoms with E-state index in [2.05, 4.69) is 20.9 Å². The Kier molecular flexibility index (Phi) is 6.89. The third-order valence-electron chi connectivity index (χ3n) is 4.12. The summed E-state index contributed by atoms with van der Waals surface area (Å²) in [5.74, 6) is -0.310. The van der Waals surface area contributed by atoms with Gasteiger partial charge in [0.25, 0.3) is 5.91 Å². The summed E-state index contributed by atoms with van der Waals surface area (Å²) in [5, 5.41) is 8.21. The number of dihydropyridines is 1. The third kappa shape index (κ3) is 6.81. The Bertz CT molecular complexity index is 832. The number of pyridine rings is 1. The summed E-state index contributed by atoms with van der Waals surface area (Å²) in [6, 6.07) is 2.98. The smallest absolute Gasteiger partial charge is 0.422 e. The number of anilines is 1. The maximum atomic E-state index is 12.4. The maximum absolute atomic E-state index is 12.4. The van der Waals surface area contributed by atoms with E-state index in [9.17, 15) is 22.8 Å². The molecule has 2 heterocycles. The van der Waals surface area contributed by atoms with Crippen LogP contribution in [0.5, 0.6) is 0 Å². The van der Waals surface area contributed by atoms with Crippen molar-refractivity contribution in [2.24, 2.45) is 0 Å². The predicted molar refractivity (Wildman–Crippen MR) is 101 cm³/mol. The van der Waals surface area contributed by atoms with E-state index in [1.807, 2.05) is 0 Å². The summed E-state index contributed by atoms with van der Waals surface area (Å²) in [6.07, 6.45) is 0.283. The van der Waals surface area contributed by atoms with E-state index in [1.165, 1.54) is 24.4 Å². The lowest BCUT2D eigenvalue weighted by molar-refractivity contribution is -0.166. The summed E-state index contributed by atoms with van der Waals surface area (Å²) in [4.78, 5) is 27.9. The van der Waals surface area contributed by atoms with Crippen molar-refractivity contribution in [1.29, 1.82) is 0 Å². The van der Waals surface area contributed by atoms with Crippen LogP contribution in [0.3, 0.4) is 0 Å². The van der Waals surface area contributed by atoms with Crippen LogP contribution in [-0.2, 0) is 9.53 Å². The van der Waals surface area contributed by atoms with Gasteiger partial charge in [-0.1, -0.05) is 13.0 Å². The largest absolute Gasteiger partial charge is 0.470 e. The number of rotatable bonds is 7. The van der Waals surface area contributed by atoms with Crippen molar-refractivity contribution >= 4 is 17.6 Å². The third-order valence-corrected chi connectivity index (χ3v) is 4.12. The molecule has 0 aliphatic carbocycles. The molecule has 0 atom stereocenters. The molecule has 0 fully saturated rings. The van der Waals surface area contributed by atoms with E-state index in [4.69, 9.17) is 4.74 Å². The highest BCUT2D eigenvalue weighted by Crippen LogP contribution is 2.24. The molecule has 2 amide bonds. The number of hydrogen-bond donors (Lipinski definition) is 3. The highest BCUT2D eigenvalue weighted by molar-refractivity contribution is 5.96. The minimum absolute atomic E-state index is 0.00726. The monoisotopic (exact) mass is 412 g/mol. The Hall–Kier alpha value is -3.04. The topological polar surface area (TPSA) is 92.4 Å². The predicted octanol–water partition coefficient (Wildman–Crippen LogP) is 2.89. The fourth-order valence-corrected chi connectivity index (χ4v) is 2.49. The van der Waals surface area contributed by atoms with Crippen LogP contribution in [0.1, 0.15) is 37.6 Å². The van der Waals surface area contributed by atoms with E-state index in [1.54, 1.807) is 26.8 Å². The van der Waals surface area contributed by atoms with Gasteiger partial charge in [0.1, 0.15) is 5.82 Å².